The van der Waals surface area contributed by atoms with Crippen molar-refractivity contribution in [1.29, 1.82) is 0 Å². The fraction of sp³-hybridized carbons (Fsp3) is 0.833. The molecule has 1 saturated heterocycles. The quantitative estimate of drug-likeness (QED) is 0.643. The number of ether oxygens (including phenoxy) is 1. The Kier molecular flexibility index (Phi) is 5.00. The first-order valence-electron chi connectivity index (χ1n) is 8.54. The molecule has 21 heavy (non-hydrogen) atoms. The molecule has 3 nitrogen and oxygen atoms in total. The standard InChI is InChI=1S/C18H31NO2/c1-5-18-11-6-9-15(18)10-7-13-19(14-8-12-18)16(20)21-17(2,3)4/h9H,5-8,10-14H2,1-4H3/t18-/m0/s1. The van der Waals surface area contributed by atoms with Crippen LogP contribution in [0, 0.1) is 5.41 Å². The zero-order valence-electron chi connectivity index (χ0n) is 14.2. The number of fused-ring (bicyclic) bond motifs is 1. The molecule has 0 unspecified atom stereocenters. The van der Waals surface area contributed by atoms with Crippen LogP contribution in [0.25, 0.3) is 0 Å². The molecule has 0 bridgehead atoms. The van der Waals surface area contributed by atoms with Crippen LogP contribution in [0.15, 0.2) is 11.6 Å². The maximum absolute atomic E-state index is 12.3. The average molecular weight is 293 g/mol. The van der Waals surface area contributed by atoms with E-state index >= 15 is 0 Å². The van der Waals surface area contributed by atoms with E-state index in [1.165, 1.54) is 25.7 Å². The van der Waals surface area contributed by atoms with Gasteiger partial charge in [-0.05, 0) is 71.1 Å². The van der Waals surface area contributed by atoms with E-state index in [0.29, 0.717) is 5.41 Å². The Morgan fingerprint density at radius 3 is 2.67 bits per heavy atom. The molecule has 1 aliphatic carbocycles. The molecule has 0 aromatic heterocycles. The molecule has 1 atom stereocenters. The molecule has 0 N–H and O–H groups in total. The second-order valence-corrected chi connectivity index (χ2v) is 7.58. The molecule has 0 aromatic carbocycles. The zero-order chi connectivity index (χ0) is 15.5. The van der Waals surface area contributed by atoms with Gasteiger partial charge >= 0.3 is 6.09 Å². The van der Waals surface area contributed by atoms with Crippen LogP contribution in [0.4, 0.5) is 4.79 Å². The SMILES string of the molecule is CC[C@@]12CCC=C1CCCN(C(=O)OC(C)(C)C)CCC2. The fourth-order valence-electron chi connectivity index (χ4n) is 3.82. The molecular formula is C18H31NO2. The minimum atomic E-state index is -0.404. The molecule has 1 aliphatic heterocycles. The molecule has 2 aliphatic rings. The molecule has 0 radical (unpaired) electrons. The number of carbonyl (C=O) groups is 1. The maximum Gasteiger partial charge on any atom is 0.410 e. The first-order valence-corrected chi connectivity index (χ1v) is 8.54. The highest BCUT2D eigenvalue weighted by atomic mass is 16.6. The minimum absolute atomic E-state index is 0.144. The molecule has 2 rings (SSSR count). The van der Waals surface area contributed by atoms with Crippen LogP contribution in [-0.4, -0.2) is 29.7 Å². The van der Waals surface area contributed by atoms with Crippen LogP contribution in [0.3, 0.4) is 0 Å². The first-order chi connectivity index (χ1) is 9.86. The first kappa shape index (κ1) is 16.4. The largest absolute Gasteiger partial charge is 0.444 e. The van der Waals surface area contributed by atoms with E-state index in [1.54, 1.807) is 5.57 Å². The van der Waals surface area contributed by atoms with Gasteiger partial charge in [-0.2, -0.15) is 0 Å². The Morgan fingerprint density at radius 2 is 2.00 bits per heavy atom. The van der Waals surface area contributed by atoms with Crippen molar-refractivity contribution in [2.45, 2.75) is 78.2 Å². The second kappa shape index (κ2) is 6.41. The molecule has 1 amide bonds. The summed E-state index contributed by atoms with van der Waals surface area (Å²) in [5.41, 5.74) is 1.69. The third kappa shape index (κ3) is 4.02. The highest BCUT2D eigenvalue weighted by molar-refractivity contribution is 5.68. The summed E-state index contributed by atoms with van der Waals surface area (Å²) < 4.78 is 5.53. The van der Waals surface area contributed by atoms with Gasteiger partial charge in [0.05, 0.1) is 0 Å². The fourth-order valence-corrected chi connectivity index (χ4v) is 3.82. The Morgan fingerprint density at radius 1 is 1.29 bits per heavy atom. The van der Waals surface area contributed by atoms with Crippen LogP contribution in [0.5, 0.6) is 0 Å². The summed E-state index contributed by atoms with van der Waals surface area (Å²) in [6.07, 6.45) is 10.6. The number of hydrogen-bond acceptors (Lipinski definition) is 2. The minimum Gasteiger partial charge on any atom is -0.444 e. The third-order valence-corrected chi connectivity index (χ3v) is 4.98. The van der Waals surface area contributed by atoms with E-state index < -0.39 is 5.60 Å². The van der Waals surface area contributed by atoms with Gasteiger partial charge in [-0.3, -0.25) is 0 Å². The van der Waals surface area contributed by atoms with Gasteiger partial charge in [-0.25, -0.2) is 4.79 Å². The lowest BCUT2D eigenvalue weighted by Crippen LogP contribution is -2.38. The Bertz CT molecular complexity index is 408. The van der Waals surface area contributed by atoms with Gasteiger partial charge in [0.1, 0.15) is 5.60 Å². The van der Waals surface area contributed by atoms with E-state index in [0.717, 1.165) is 32.4 Å². The molecule has 0 aromatic rings. The molecule has 0 saturated carbocycles. The Balaban J connectivity index is 2.00. The number of hydrogen-bond donors (Lipinski definition) is 0. The predicted molar refractivity (Wildman–Crippen MR) is 86.3 cm³/mol. The highest BCUT2D eigenvalue weighted by Crippen LogP contribution is 2.48. The summed E-state index contributed by atoms with van der Waals surface area (Å²) in [7, 11) is 0. The van der Waals surface area contributed by atoms with Crippen LogP contribution >= 0.6 is 0 Å². The lowest BCUT2D eigenvalue weighted by atomic mass is 9.74. The van der Waals surface area contributed by atoms with Crippen molar-refractivity contribution in [3.8, 4) is 0 Å². The average Bonchev–Trinajstić information content (AvgIpc) is 2.79. The third-order valence-electron chi connectivity index (χ3n) is 4.98. The maximum atomic E-state index is 12.3. The highest BCUT2D eigenvalue weighted by Gasteiger charge is 2.35. The van der Waals surface area contributed by atoms with Crippen LogP contribution in [0.1, 0.15) is 72.6 Å². The molecule has 0 spiro atoms. The topological polar surface area (TPSA) is 29.5 Å². The number of nitrogens with zero attached hydrogens (tertiary/aromatic N) is 1. The summed E-state index contributed by atoms with van der Waals surface area (Å²) in [6.45, 7) is 9.78. The van der Waals surface area contributed by atoms with Crippen molar-refractivity contribution in [2.75, 3.05) is 13.1 Å². The Hall–Kier alpha value is -0.990. The normalized spacial score (nSPS) is 27.2. The van der Waals surface area contributed by atoms with Gasteiger partial charge in [0, 0.05) is 13.1 Å². The van der Waals surface area contributed by atoms with Gasteiger partial charge in [0.25, 0.3) is 0 Å². The summed E-state index contributed by atoms with van der Waals surface area (Å²) in [6, 6.07) is 0. The van der Waals surface area contributed by atoms with Gasteiger partial charge < -0.3 is 9.64 Å². The lowest BCUT2D eigenvalue weighted by molar-refractivity contribution is 0.0244. The van der Waals surface area contributed by atoms with E-state index in [-0.39, 0.29) is 6.09 Å². The molecule has 120 valence electrons. The van der Waals surface area contributed by atoms with E-state index in [2.05, 4.69) is 13.0 Å². The van der Waals surface area contributed by atoms with Crippen LogP contribution in [-0.2, 0) is 4.74 Å². The number of amides is 1. The van der Waals surface area contributed by atoms with Crippen molar-refractivity contribution in [2.24, 2.45) is 5.41 Å². The summed E-state index contributed by atoms with van der Waals surface area (Å²) in [5.74, 6) is 0. The molecule has 3 heteroatoms. The van der Waals surface area contributed by atoms with E-state index in [1.807, 2.05) is 25.7 Å². The van der Waals surface area contributed by atoms with Crippen molar-refractivity contribution in [3.05, 3.63) is 11.6 Å². The van der Waals surface area contributed by atoms with Crippen molar-refractivity contribution >= 4 is 6.09 Å². The van der Waals surface area contributed by atoms with Crippen LogP contribution in [0.2, 0.25) is 0 Å². The van der Waals surface area contributed by atoms with Crippen molar-refractivity contribution in [1.82, 2.24) is 4.90 Å². The number of carbonyl (C=O) groups excluding carboxylic acids is 1. The molecule has 1 fully saturated rings. The predicted octanol–water partition coefficient (Wildman–Crippen LogP) is 4.91. The zero-order valence-corrected chi connectivity index (χ0v) is 14.2. The molecular weight excluding hydrogens is 262 g/mol. The summed E-state index contributed by atoms with van der Waals surface area (Å²) >= 11 is 0. The number of allylic oxidation sites excluding steroid dienone is 2. The van der Waals surface area contributed by atoms with Crippen LogP contribution < -0.4 is 0 Å². The van der Waals surface area contributed by atoms with Gasteiger partial charge in [0.2, 0.25) is 0 Å². The van der Waals surface area contributed by atoms with Crippen molar-refractivity contribution < 1.29 is 9.53 Å². The smallest absolute Gasteiger partial charge is 0.410 e. The van der Waals surface area contributed by atoms with Crippen molar-refractivity contribution in [3.63, 3.8) is 0 Å². The van der Waals surface area contributed by atoms with Gasteiger partial charge in [0.15, 0.2) is 0 Å². The van der Waals surface area contributed by atoms with E-state index in [9.17, 15) is 4.79 Å². The van der Waals surface area contributed by atoms with E-state index in [4.69, 9.17) is 4.74 Å². The Labute approximate surface area is 129 Å². The van der Waals surface area contributed by atoms with Gasteiger partial charge in [-0.1, -0.05) is 18.6 Å². The monoisotopic (exact) mass is 293 g/mol. The lowest BCUT2D eigenvalue weighted by Gasteiger charge is -2.31. The van der Waals surface area contributed by atoms with Gasteiger partial charge in [-0.15, -0.1) is 0 Å². The molecule has 1 heterocycles. The second-order valence-electron chi connectivity index (χ2n) is 7.58. The number of rotatable bonds is 1. The summed E-state index contributed by atoms with van der Waals surface area (Å²) in [4.78, 5) is 14.2. The summed E-state index contributed by atoms with van der Waals surface area (Å²) in [5, 5.41) is 0.